The van der Waals surface area contributed by atoms with E-state index in [1.165, 1.54) is 6.92 Å². The van der Waals surface area contributed by atoms with Gasteiger partial charge in [0.05, 0.1) is 6.54 Å². The maximum absolute atomic E-state index is 12.0. The van der Waals surface area contributed by atoms with Gasteiger partial charge in [-0.25, -0.2) is 4.79 Å². The van der Waals surface area contributed by atoms with Crippen molar-refractivity contribution in [3.63, 3.8) is 0 Å². The maximum atomic E-state index is 12.0. The summed E-state index contributed by atoms with van der Waals surface area (Å²) in [7, 11) is 0. The summed E-state index contributed by atoms with van der Waals surface area (Å²) in [6.07, 6.45) is -0.839. The van der Waals surface area contributed by atoms with E-state index in [1.807, 2.05) is 0 Å². The molecule has 2 heterocycles. The Hall–Kier alpha value is -0.708. The van der Waals surface area contributed by atoms with Crippen LogP contribution in [-0.2, 0) is 9.53 Å². The van der Waals surface area contributed by atoms with Crippen LogP contribution in [0.25, 0.3) is 0 Å². The van der Waals surface area contributed by atoms with Crippen molar-refractivity contribution in [1.29, 1.82) is 0 Å². The van der Waals surface area contributed by atoms with Crippen molar-refractivity contribution in [3.05, 3.63) is 22.7 Å². The monoisotopic (exact) mass is 577 g/mol. The molecule has 0 aliphatic carbocycles. The Labute approximate surface area is 154 Å². The van der Waals surface area contributed by atoms with Crippen molar-refractivity contribution in [2.24, 2.45) is 0 Å². The van der Waals surface area contributed by atoms with Gasteiger partial charge in [0.1, 0.15) is 18.8 Å². The second-order valence-electron chi connectivity index (χ2n) is 4.64. The third-order valence-electron chi connectivity index (χ3n) is 3.29. The predicted octanol–water partition coefficient (Wildman–Crippen LogP) is 1.47. The van der Waals surface area contributed by atoms with Gasteiger partial charge in [-0.1, -0.05) is 20.4 Å². The molecule has 0 aromatic heterocycles. The molecule has 1 saturated heterocycles. The van der Waals surface area contributed by atoms with Crippen molar-refractivity contribution in [1.82, 2.24) is 5.32 Å². The number of ether oxygens (including phenoxy) is 2. The number of hydrogen-bond acceptors (Lipinski definition) is 4. The van der Waals surface area contributed by atoms with Crippen LogP contribution in [0.15, 0.2) is 16.6 Å². The Morgan fingerprint density at radius 3 is 3.10 bits per heavy atom. The zero-order valence-electron chi connectivity index (χ0n) is 11.2. The minimum absolute atomic E-state index is 0. The Morgan fingerprint density at radius 2 is 2.38 bits per heavy atom. The first-order valence-corrected chi connectivity index (χ1v) is 6.94. The first kappa shape index (κ1) is 16.7. The van der Waals surface area contributed by atoms with Gasteiger partial charge in [0.15, 0.2) is 0 Å². The van der Waals surface area contributed by atoms with E-state index in [0.29, 0.717) is 18.0 Å². The van der Waals surface area contributed by atoms with E-state index in [9.17, 15) is 9.59 Å². The van der Waals surface area contributed by atoms with Crippen LogP contribution in [0.4, 0.5) is 10.5 Å². The van der Waals surface area contributed by atoms with Crippen molar-refractivity contribution in [3.8, 4) is 5.75 Å². The van der Waals surface area contributed by atoms with E-state index in [2.05, 4.69) is 27.3 Å². The van der Waals surface area contributed by atoms with Gasteiger partial charge in [-0.3, -0.25) is 4.79 Å². The van der Waals surface area contributed by atoms with Crippen LogP contribution in [0.1, 0.15) is 6.92 Å². The molecule has 1 aromatic rings. The van der Waals surface area contributed by atoms with Crippen molar-refractivity contribution >= 4 is 33.6 Å². The molecule has 0 saturated carbocycles. The first-order valence-electron chi connectivity index (χ1n) is 6.14. The molecule has 0 radical (unpaired) electrons. The number of carbonyl (C=O) groups is 2. The average Bonchev–Trinajstić information content (AvgIpc) is 2.73. The number of nitrogens with zero attached hydrogens (tertiary/aromatic N) is 1. The predicted molar refractivity (Wildman–Crippen MR) is 73.7 cm³/mol. The number of hydrogen-bond donors (Lipinski definition) is 1. The van der Waals surface area contributed by atoms with E-state index in [0.717, 1.165) is 4.47 Å². The number of cyclic esters (lactones) is 1. The Bertz CT molecular complexity index is 583. The molecule has 3 rings (SSSR count). The van der Waals surface area contributed by atoms with E-state index >= 15 is 0 Å². The standard InChI is InChI=1S/C13H12BrN2O4.U/c1-7(17)15-5-12-10-6-19-11-4-8(14)2-3-9(11)16(10)13(18)20-12;/h3-4,10,12H,5-6H2,1H3,(H,15,17);/q-1;/t10-,12-;/m0./s1. The van der Waals surface area contributed by atoms with Gasteiger partial charge in [0.25, 0.3) is 0 Å². The number of amides is 2. The molecular formula is C13H12BrN2O4U-. The van der Waals surface area contributed by atoms with Gasteiger partial charge in [-0.05, 0) is 5.69 Å². The third kappa shape index (κ3) is 3.23. The molecule has 1 N–H and O–H groups in total. The second-order valence-corrected chi connectivity index (χ2v) is 5.49. The molecule has 1 fully saturated rings. The summed E-state index contributed by atoms with van der Waals surface area (Å²) in [5.41, 5.74) is 0.639. The minimum atomic E-state index is -0.425. The number of fused-ring (bicyclic) bond motifs is 3. The summed E-state index contributed by atoms with van der Waals surface area (Å²) in [6, 6.07) is 6.19. The fourth-order valence-corrected chi connectivity index (χ4v) is 2.69. The first-order chi connectivity index (χ1) is 9.56. The van der Waals surface area contributed by atoms with E-state index in [4.69, 9.17) is 9.47 Å². The molecule has 110 valence electrons. The third-order valence-corrected chi connectivity index (χ3v) is 3.75. The van der Waals surface area contributed by atoms with Gasteiger partial charge in [-0.2, -0.15) is 6.07 Å². The normalized spacial score (nSPS) is 22.4. The van der Waals surface area contributed by atoms with Crippen LogP contribution in [0.2, 0.25) is 0 Å². The molecule has 0 bridgehead atoms. The fraction of sp³-hybridized carbons (Fsp3) is 0.385. The van der Waals surface area contributed by atoms with Crippen LogP contribution in [-0.4, -0.2) is 37.3 Å². The molecule has 6 nitrogen and oxygen atoms in total. The number of benzene rings is 1. The van der Waals surface area contributed by atoms with Crippen molar-refractivity contribution in [2.75, 3.05) is 18.1 Å². The van der Waals surface area contributed by atoms with E-state index in [-0.39, 0.29) is 49.6 Å². The van der Waals surface area contributed by atoms with Gasteiger partial charge < -0.3 is 19.7 Å². The van der Waals surface area contributed by atoms with Crippen LogP contribution >= 0.6 is 15.9 Å². The number of carbonyl (C=O) groups excluding carboxylic acids is 2. The number of rotatable bonds is 2. The van der Waals surface area contributed by atoms with Gasteiger partial charge in [0.2, 0.25) is 5.91 Å². The smallest absolute Gasteiger partial charge is 0.404 e. The van der Waals surface area contributed by atoms with E-state index in [1.54, 1.807) is 17.0 Å². The molecule has 21 heavy (non-hydrogen) atoms. The molecule has 8 heteroatoms. The molecule has 0 unspecified atom stereocenters. The van der Waals surface area contributed by atoms with Crippen molar-refractivity contribution < 1.29 is 50.2 Å². The number of nitrogens with one attached hydrogen (secondary N) is 1. The van der Waals surface area contributed by atoms with Gasteiger partial charge >= 0.3 is 6.09 Å². The molecule has 2 aliphatic rings. The maximum Gasteiger partial charge on any atom is 0.404 e. The van der Waals surface area contributed by atoms with Crippen LogP contribution in [0, 0.1) is 37.2 Å². The summed E-state index contributed by atoms with van der Waals surface area (Å²) in [6.45, 7) is 2.04. The molecule has 2 aliphatic heterocycles. The molecule has 0 spiro atoms. The average molecular weight is 578 g/mol. The van der Waals surface area contributed by atoms with Gasteiger partial charge in [-0.15, -0.1) is 12.1 Å². The topological polar surface area (TPSA) is 67.9 Å². The quantitative estimate of drug-likeness (QED) is 0.541. The summed E-state index contributed by atoms with van der Waals surface area (Å²) in [5.74, 6) is 0.456. The Kier molecular flexibility index (Phi) is 5.23. The fourth-order valence-electron chi connectivity index (χ4n) is 2.37. The number of halogens is 1. The van der Waals surface area contributed by atoms with E-state index < -0.39 is 12.2 Å². The molecule has 2 atom stereocenters. The van der Waals surface area contributed by atoms with Crippen LogP contribution in [0.5, 0.6) is 5.75 Å². The molecular weight excluding hydrogens is 566 g/mol. The molecule has 2 amide bonds. The van der Waals surface area contributed by atoms with Crippen LogP contribution < -0.4 is 15.0 Å². The summed E-state index contributed by atoms with van der Waals surface area (Å²) in [4.78, 5) is 24.6. The summed E-state index contributed by atoms with van der Waals surface area (Å²) >= 11 is 3.31. The SMILES string of the molecule is CC(=O)NC[C@@H]1OC(=O)N2c3c[c-]c(Br)cc3OC[C@@H]12.[U]. The Balaban J connectivity index is 0.00000161. The van der Waals surface area contributed by atoms with Gasteiger partial charge in [0, 0.05) is 43.8 Å². The number of anilines is 1. The largest absolute Gasteiger partial charge is 0.515 e. The summed E-state index contributed by atoms with van der Waals surface area (Å²) in [5, 5.41) is 2.66. The van der Waals surface area contributed by atoms with Crippen LogP contribution in [0.3, 0.4) is 0 Å². The summed E-state index contributed by atoms with van der Waals surface area (Å²) < 4.78 is 11.7. The Morgan fingerprint density at radius 1 is 1.62 bits per heavy atom. The zero-order chi connectivity index (χ0) is 14.3. The van der Waals surface area contributed by atoms with Crippen molar-refractivity contribution in [2.45, 2.75) is 19.1 Å². The minimum Gasteiger partial charge on any atom is -0.515 e. The zero-order valence-corrected chi connectivity index (χ0v) is 16.9. The second kappa shape index (κ2) is 6.59. The molecule has 1 aromatic carbocycles.